The minimum Gasteiger partial charge on any atom is -0.396 e. The zero-order valence-electron chi connectivity index (χ0n) is 9.45. The molecule has 0 aromatic heterocycles. The van der Waals surface area contributed by atoms with Crippen molar-refractivity contribution in [3.8, 4) is 0 Å². The molecule has 1 aliphatic heterocycles. The van der Waals surface area contributed by atoms with Crippen molar-refractivity contribution in [2.45, 2.75) is 12.8 Å². The molecule has 0 aliphatic carbocycles. The Balaban J connectivity index is 2.26. The van der Waals surface area contributed by atoms with Gasteiger partial charge in [-0.2, -0.15) is 0 Å². The van der Waals surface area contributed by atoms with E-state index >= 15 is 0 Å². The lowest BCUT2D eigenvalue weighted by molar-refractivity contribution is 0.0649. The Bertz CT molecular complexity index is 475. The summed E-state index contributed by atoms with van der Waals surface area (Å²) >= 11 is 0. The average molecular weight is 255 g/mol. The Labute approximate surface area is 102 Å². The van der Waals surface area contributed by atoms with Crippen LogP contribution in [0.2, 0.25) is 0 Å². The molecule has 1 aromatic rings. The normalized spacial score (nSPS) is 14.3. The fourth-order valence-electron chi connectivity index (χ4n) is 1.87. The number of benzene rings is 1. The summed E-state index contributed by atoms with van der Waals surface area (Å²) in [6, 6.07) is 1.49. The number of fused-ring (bicyclic) bond motifs is 1. The maximum Gasteiger partial charge on any atom is 0.261 e. The molecule has 2 amide bonds. The maximum absolute atomic E-state index is 13.0. The van der Waals surface area contributed by atoms with Crippen molar-refractivity contribution in [3.63, 3.8) is 0 Å². The first kappa shape index (κ1) is 12.6. The molecule has 4 nitrogen and oxygen atoms in total. The maximum atomic E-state index is 13.0. The molecule has 1 N–H and O–H groups in total. The molecule has 6 heteroatoms. The number of hydrogen-bond acceptors (Lipinski definition) is 3. The van der Waals surface area contributed by atoms with Crippen molar-refractivity contribution in [2.24, 2.45) is 0 Å². The topological polar surface area (TPSA) is 57.6 Å². The van der Waals surface area contributed by atoms with Gasteiger partial charge >= 0.3 is 0 Å². The molecule has 0 fully saturated rings. The van der Waals surface area contributed by atoms with Crippen LogP contribution in [-0.4, -0.2) is 35.0 Å². The van der Waals surface area contributed by atoms with Gasteiger partial charge < -0.3 is 5.11 Å². The number of nitrogens with zero attached hydrogens (tertiary/aromatic N) is 1. The molecule has 18 heavy (non-hydrogen) atoms. The van der Waals surface area contributed by atoms with Crippen LogP contribution in [0.3, 0.4) is 0 Å². The Hall–Kier alpha value is -1.82. The third-order valence-electron chi connectivity index (χ3n) is 2.80. The molecule has 1 aliphatic rings. The van der Waals surface area contributed by atoms with Gasteiger partial charge in [-0.1, -0.05) is 0 Å². The van der Waals surface area contributed by atoms with Crippen LogP contribution in [0, 0.1) is 11.6 Å². The summed E-state index contributed by atoms with van der Waals surface area (Å²) in [4.78, 5) is 24.6. The molecule has 2 rings (SSSR count). The van der Waals surface area contributed by atoms with E-state index in [1.54, 1.807) is 0 Å². The van der Waals surface area contributed by atoms with E-state index in [1.165, 1.54) is 0 Å². The number of carbonyl (C=O) groups is 2. The first-order valence-electron chi connectivity index (χ1n) is 5.52. The highest BCUT2D eigenvalue weighted by Gasteiger charge is 2.36. The van der Waals surface area contributed by atoms with Crippen LogP contribution >= 0.6 is 0 Å². The van der Waals surface area contributed by atoms with Crippen LogP contribution in [0.15, 0.2) is 12.1 Å². The van der Waals surface area contributed by atoms with Crippen molar-refractivity contribution in [1.29, 1.82) is 0 Å². The van der Waals surface area contributed by atoms with E-state index in [0.29, 0.717) is 12.8 Å². The number of amides is 2. The summed E-state index contributed by atoms with van der Waals surface area (Å²) in [7, 11) is 0. The fourth-order valence-corrected chi connectivity index (χ4v) is 1.87. The lowest BCUT2D eigenvalue weighted by Crippen LogP contribution is -2.30. The molecule has 96 valence electrons. The minimum atomic E-state index is -1.15. The molecule has 0 bridgehead atoms. The minimum absolute atomic E-state index is 0.0353. The van der Waals surface area contributed by atoms with E-state index in [0.717, 1.165) is 17.0 Å². The second-order valence-corrected chi connectivity index (χ2v) is 4.00. The fraction of sp³-hybridized carbons (Fsp3) is 0.333. The van der Waals surface area contributed by atoms with Crippen LogP contribution in [0.4, 0.5) is 8.78 Å². The highest BCUT2D eigenvalue weighted by atomic mass is 19.2. The lowest BCUT2D eigenvalue weighted by Gasteiger charge is -2.12. The van der Waals surface area contributed by atoms with Crippen LogP contribution in [0.25, 0.3) is 0 Å². The van der Waals surface area contributed by atoms with Crippen LogP contribution in [0.5, 0.6) is 0 Å². The molecule has 0 spiro atoms. The van der Waals surface area contributed by atoms with Gasteiger partial charge in [-0.3, -0.25) is 14.5 Å². The van der Waals surface area contributed by atoms with E-state index in [1.807, 2.05) is 0 Å². The molecule has 0 unspecified atom stereocenters. The largest absolute Gasteiger partial charge is 0.396 e. The first-order valence-corrected chi connectivity index (χ1v) is 5.52. The summed E-state index contributed by atoms with van der Waals surface area (Å²) in [5.41, 5.74) is -0.217. The van der Waals surface area contributed by atoms with E-state index in [4.69, 9.17) is 5.11 Å². The Morgan fingerprint density at radius 2 is 1.50 bits per heavy atom. The number of halogens is 2. The van der Waals surface area contributed by atoms with Gasteiger partial charge in [0.15, 0.2) is 11.6 Å². The van der Waals surface area contributed by atoms with Gasteiger partial charge in [-0.15, -0.1) is 0 Å². The second kappa shape index (κ2) is 4.81. The van der Waals surface area contributed by atoms with Crippen molar-refractivity contribution < 1.29 is 23.5 Å². The molecular formula is C12H11F2NO3. The lowest BCUT2D eigenvalue weighted by atomic mass is 10.1. The van der Waals surface area contributed by atoms with Crippen LogP contribution in [0.1, 0.15) is 33.6 Å². The van der Waals surface area contributed by atoms with Gasteiger partial charge in [0.25, 0.3) is 11.8 Å². The number of rotatable bonds is 4. The zero-order valence-corrected chi connectivity index (χ0v) is 9.45. The number of carbonyl (C=O) groups excluding carboxylic acids is 2. The quantitative estimate of drug-likeness (QED) is 0.652. The summed E-state index contributed by atoms with van der Waals surface area (Å²) in [6.07, 6.45) is 0.906. The monoisotopic (exact) mass is 255 g/mol. The molecular weight excluding hydrogens is 244 g/mol. The number of imide groups is 1. The Morgan fingerprint density at radius 3 is 1.94 bits per heavy atom. The van der Waals surface area contributed by atoms with E-state index in [-0.39, 0.29) is 24.3 Å². The molecule has 0 saturated heterocycles. The van der Waals surface area contributed by atoms with Crippen LogP contribution < -0.4 is 0 Å². The Morgan fingerprint density at radius 1 is 1.00 bits per heavy atom. The van der Waals surface area contributed by atoms with Crippen molar-refractivity contribution >= 4 is 11.8 Å². The zero-order chi connectivity index (χ0) is 13.3. The molecule has 0 radical (unpaired) electrons. The van der Waals surface area contributed by atoms with Crippen molar-refractivity contribution in [2.75, 3.05) is 13.2 Å². The molecule has 1 heterocycles. The average Bonchev–Trinajstić information content (AvgIpc) is 2.56. The number of aliphatic hydroxyl groups excluding tert-OH is 1. The van der Waals surface area contributed by atoms with Gasteiger partial charge in [0.1, 0.15) is 0 Å². The van der Waals surface area contributed by atoms with Crippen LogP contribution in [-0.2, 0) is 0 Å². The number of hydrogen-bond donors (Lipinski definition) is 1. The van der Waals surface area contributed by atoms with E-state index < -0.39 is 23.4 Å². The third-order valence-corrected chi connectivity index (χ3v) is 2.80. The highest BCUT2D eigenvalue weighted by molar-refractivity contribution is 6.21. The predicted molar refractivity (Wildman–Crippen MR) is 58.0 cm³/mol. The first-order chi connectivity index (χ1) is 8.56. The molecule has 1 aromatic carbocycles. The number of aliphatic hydroxyl groups is 1. The van der Waals surface area contributed by atoms with Crippen molar-refractivity contribution in [1.82, 2.24) is 4.90 Å². The smallest absolute Gasteiger partial charge is 0.261 e. The standard InChI is InChI=1S/C12H11F2NO3/c13-9-5-7-8(6-10(9)14)12(18)15(11(7)17)3-1-2-4-16/h5-6,16H,1-4H2. The van der Waals surface area contributed by atoms with Gasteiger partial charge in [-0.25, -0.2) is 8.78 Å². The SMILES string of the molecule is O=C1c2cc(F)c(F)cc2C(=O)N1CCCCO. The van der Waals surface area contributed by atoms with E-state index in [9.17, 15) is 18.4 Å². The van der Waals surface area contributed by atoms with Gasteiger partial charge in [-0.05, 0) is 25.0 Å². The molecule has 0 saturated carbocycles. The van der Waals surface area contributed by atoms with Gasteiger partial charge in [0.05, 0.1) is 11.1 Å². The summed E-state index contributed by atoms with van der Waals surface area (Å²) < 4.78 is 26.0. The van der Waals surface area contributed by atoms with Crippen molar-refractivity contribution in [3.05, 3.63) is 34.9 Å². The Kier molecular flexibility index (Phi) is 3.38. The predicted octanol–water partition coefficient (Wildman–Crippen LogP) is 1.33. The van der Waals surface area contributed by atoms with Gasteiger partial charge in [0.2, 0.25) is 0 Å². The van der Waals surface area contributed by atoms with E-state index in [2.05, 4.69) is 0 Å². The number of unbranched alkanes of at least 4 members (excludes halogenated alkanes) is 1. The second-order valence-electron chi connectivity index (χ2n) is 4.00. The summed E-state index contributed by atoms with van der Waals surface area (Å²) in [5, 5.41) is 8.63. The third kappa shape index (κ3) is 1.99. The summed E-state index contributed by atoms with van der Waals surface area (Å²) in [5.74, 6) is -3.53. The summed E-state index contributed by atoms with van der Waals surface area (Å²) in [6.45, 7) is 0.0998. The highest BCUT2D eigenvalue weighted by Crippen LogP contribution is 2.25. The van der Waals surface area contributed by atoms with Gasteiger partial charge in [0, 0.05) is 13.2 Å². The molecule has 0 atom stereocenters.